The molecule has 0 aromatic heterocycles. The van der Waals surface area contributed by atoms with Gasteiger partial charge in [0, 0.05) is 0 Å². The number of nitrogens with one attached hydrogen (secondary N) is 3. The van der Waals surface area contributed by atoms with Crippen molar-refractivity contribution in [1.29, 1.82) is 0 Å². The maximum absolute atomic E-state index is 10.7. The maximum atomic E-state index is 10.7. The predicted molar refractivity (Wildman–Crippen MR) is 36.9 cm³/mol. The minimum absolute atomic E-state index is 1.23. The Kier molecular flexibility index (Phi) is 3.53. The van der Waals surface area contributed by atoms with Gasteiger partial charge in [0.25, 0.3) is 17.5 Å². The molecule has 0 heterocycles. The Bertz CT molecular complexity index is 176. The van der Waals surface area contributed by atoms with Crippen LogP contribution in [0, 0.1) is 0 Å². The summed E-state index contributed by atoms with van der Waals surface area (Å²) in [6.07, 6.45) is 0. The third kappa shape index (κ3) is 1.66. The van der Waals surface area contributed by atoms with E-state index in [2.05, 4.69) is 11.7 Å². The fraction of sp³-hybridized carbons (Fsp3) is 0.333. The van der Waals surface area contributed by atoms with Gasteiger partial charge in [-0.15, -0.1) is 0 Å². The van der Waals surface area contributed by atoms with E-state index in [1.54, 1.807) is 5.43 Å². The van der Waals surface area contributed by atoms with Gasteiger partial charge in [-0.05, 0) is 0 Å². The van der Waals surface area contributed by atoms with Crippen molar-refractivity contribution < 1.29 is 14.7 Å². The predicted octanol–water partition coefficient (Wildman–Crippen LogP) is -4.88. The van der Waals surface area contributed by atoms with Gasteiger partial charge in [-0.3, -0.25) is 26.3 Å². The van der Waals surface area contributed by atoms with E-state index >= 15 is 0 Å². The van der Waals surface area contributed by atoms with Gasteiger partial charge in [0.2, 0.25) is 0 Å². The average molecular weight is 178 g/mol. The SMILES string of the molecule is NNC(=O)C(O)(NN)C(=O)NN. The molecular weight excluding hydrogens is 168 g/mol. The van der Waals surface area contributed by atoms with Crippen molar-refractivity contribution in [2.24, 2.45) is 17.5 Å². The number of hydrazine groups is 3. The summed E-state index contributed by atoms with van der Waals surface area (Å²) in [5.74, 6) is 11.6. The number of aliphatic hydroxyl groups is 1. The van der Waals surface area contributed by atoms with Crippen molar-refractivity contribution in [2.75, 3.05) is 0 Å². The van der Waals surface area contributed by atoms with E-state index in [1.807, 2.05) is 0 Å². The minimum Gasteiger partial charge on any atom is -0.359 e. The van der Waals surface area contributed by atoms with E-state index in [1.165, 1.54) is 10.9 Å². The molecule has 0 aliphatic rings. The first-order chi connectivity index (χ1) is 5.52. The molecule has 0 atom stereocenters. The first-order valence-corrected chi connectivity index (χ1v) is 2.75. The minimum atomic E-state index is -2.66. The van der Waals surface area contributed by atoms with Crippen LogP contribution in [0.3, 0.4) is 0 Å². The van der Waals surface area contributed by atoms with Gasteiger partial charge in [-0.2, -0.15) is 0 Å². The van der Waals surface area contributed by atoms with Gasteiger partial charge < -0.3 is 5.11 Å². The van der Waals surface area contributed by atoms with Crippen LogP contribution in [0.5, 0.6) is 0 Å². The number of hydrogen-bond acceptors (Lipinski definition) is 7. The smallest absolute Gasteiger partial charge is 0.292 e. The van der Waals surface area contributed by atoms with Crippen LogP contribution in [0.15, 0.2) is 0 Å². The average Bonchev–Trinajstić information content (AvgIpc) is 2.13. The highest BCUT2D eigenvalue weighted by Crippen LogP contribution is 1.96. The van der Waals surface area contributed by atoms with Gasteiger partial charge in [0.15, 0.2) is 0 Å². The number of nitrogens with two attached hydrogens (primary N) is 3. The molecule has 0 bridgehead atoms. The van der Waals surface area contributed by atoms with Crippen LogP contribution < -0.4 is 33.8 Å². The molecule has 2 amide bonds. The molecule has 9 heteroatoms. The largest absolute Gasteiger partial charge is 0.359 e. The van der Waals surface area contributed by atoms with E-state index in [0.29, 0.717) is 0 Å². The first-order valence-electron chi connectivity index (χ1n) is 2.75. The van der Waals surface area contributed by atoms with Crippen LogP contribution in [-0.4, -0.2) is 22.6 Å². The molecule has 10 N–H and O–H groups in total. The molecule has 70 valence electrons. The fourth-order valence-electron chi connectivity index (χ4n) is 0.443. The Hall–Kier alpha value is -1.26. The van der Waals surface area contributed by atoms with Crippen LogP contribution in [-0.2, 0) is 9.59 Å². The molecule has 0 aromatic rings. The van der Waals surface area contributed by atoms with Gasteiger partial charge in [0.05, 0.1) is 0 Å². The fourth-order valence-corrected chi connectivity index (χ4v) is 0.443. The number of rotatable bonds is 3. The molecule has 0 fully saturated rings. The second-order valence-electron chi connectivity index (χ2n) is 1.80. The third-order valence-electron chi connectivity index (χ3n) is 1.13. The van der Waals surface area contributed by atoms with Crippen molar-refractivity contribution in [3.8, 4) is 0 Å². The highest BCUT2D eigenvalue weighted by Gasteiger charge is 2.42. The zero-order valence-corrected chi connectivity index (χ0v) is 6.00. The van der Waals surface area contributed by atoms with E-state index < -0.39 is 17.5 Å². The van der Waals surface area contributed by atoms with Crippen LogP contribution in [0.2, 0.25) is 0 Å². The van der Waals surface area contributed by atoms with Crippen LogP contribution >= 0.6 is 0 Å². The van der Waals surface area contributed by atoms with Crippen LogP contribution in [0.1, 0.15) is 0 Å². The second kappa shape index (κ2) is 3.94. The first kappa shape index (κ1) is 10.7. The van der Waals surface area contributed by atoms with E-state index in [-0.39, 0.29) is 0 Å². The van der Waals surface area contributed by atoms with Crippen molar-refractivity contribution in [3.63, 3.8) is 0 Å². The molecule has 0 saturated heterocycles. The van der Waals surface area contributed by atoms with Crippen LogP contribution in [0.25, 0.3) is 0 Å². The Morgan fingerprint density at radius 1 is 1.08 bits per heavy atom. The summed E-state index contributed by atoms with van der Waals surface area (Å²) in [4.78, 5) is 21.4. The Morgan fingerprint density at radius 2 is 1.42 bits per heavy atom. The Labute approximate surface area is 67.2 Å². The molecule has 0 aromatic carbocycles. The molecule has 0 rings (SSSR count). The normalized spacial score (nSPS) is 10.7. The third-order valence-corrected chi connectivity index (χ3v) is 1.13. The quantitative estimate of drug-likeness (QED) is 0.0746. The van der Waals surface area contributed by atoms with Crippen molar-refractivity contribution in [3.05, 3.63) is 0 Å². The number of hydrogen-bond donors (Lipinski definition) is 7. The Balaban J connectivity index is 4.66. The second-order valence-corrected chi connectivity index (χ2v) is 1.80. The molecule has 0 spiro atoms. The molecule has 9 nitrogen and oxygen atoms in total. The van der Waals surface area contributed by atoms with Gasteiger partial charge in [-0.25, -0.2) is 17.1 Å². The van der Waals surface area contributed by atoms with E-state index in [4.69, 9.17) is 10.9 Å². The zero-order chi connectivity index (χ0) is 9.78. The standard InChI is InChI=1S/C3H10N6O3/c4-7-1(10)3(12,9-6)2(11)8-5/h9,12H,4-6H2,(H,7,10)(H,8,11). The summed E-state index contributed by atoms with van der Waals surface area (Å²) in [7, 11) is 0. The molecule has 0 aliphatic heterocycles. The highest BCUT2D eigenvalue weighted by molar-refractivity contribution is 6.07. The number of carbonyl (C=O) groups is 2. The van der Waals surface area contributed by atoms with Crippen molar-refractivity contribution in [2.45, 2.75) is 5.72 Å². The number of amides is 2. The number of carbonyl (C=O) groups excluding carboxylic acids is 2. The Morgan fingerprint density at radius 3 is 1.58 bits per heavy atom. The van der Waals surface area contributed by atoms with Crippen LogP contribution in [0.4, 0.5) is 0 Å². The van der Waals surface area contributed by atoms with Crippen molar-refractivity contribution in [1.82, 2.24) is 16.3 Å². The summed E-state index contributed by atoms with van der Waals surface area (Å²) in [5.41, 5.74) is 1.94. The monoisotopic (exact) mass is 178 g/mol. The zero-order valence-electron chi connectivity index (χ0n) is 6.00. The lowest BCUT2D eigenvalue weighted by Crippen LogP contribution is -2.69. The molecule has 0 unspecified atom stereocenters. The van der Waals surface area contributed by atoms with E-state index in [9.17, 15) is 9.59 Å². The summed E-state index contributed by atoms with van der Waals surface area (Å²) < 4.78 is 0. The molecular formula is C3H10N6O3. The highest BCUT2D eigenvalue weighted by atomic mass is 16.3. The molecule has 0 radical (unpaired) electrons. The lowest BCUT2D eigenvalue weighted by molar-refractivity contribution is -0.157. The summed E-state index contributed by atoms with van der Waals surface area (Å²) in [6.45, 7) is 0. The maximum Gasteiger partial charge on any atom is 0.292 e. The topological polar surface area (TPSA) is 169 Å². The molecule has 0 saturated carbocycles. The summed E-state index contributed by atoms with van der Waals surface area (Å²) >= 11 is 0. The van der Waals surface area contributed by atoms with Gasteiger partial charge in [-0.1, -0.05) is 0 Å². The lowest BCUT2D eigenvalue weighted by Gasteiger charge is -2.21. The van der Waals surface area contributed by atoms with Gasteiger partial charge in [0.1, 0.15) is 0 Å². The summed E-state index contributed by atoms with van der Waals surface area (Å²) in [6, 6.07) is 0. The lowest BCUT2D eigenvalue weighted by atomic mass is 10.2. The summed E-state index contributed by atoms with van der Waals surface area (Å²) in [5, 5.41) is 9.14. The van der Waals surface area contributed by atoms with Gasteiger partial charge >= 0.3 is 0 Å². The molecule has 0 aliphatic carbocycles. The van der Waals surface area contributed by atoms with Crippen molar-refractivity contribution >= 4 is 11.8 Å². The molecule has 12 heavy (non-hydrogen) atoms. The van der Waals surface area contributed by atoms with E-state index in [0.717, 1.165) is 0 Å².